The molecule has 110 valence electrons. The zero-order valence-electron chi connectivity index (χ0n) is 12.4. The van der Waals surface area contributed by atoms with Gasteiger partial charge in [0.1, 0.15) is 0 Å². The topological polar surface area (TPSA) is 62.7 Å². The van der Waals surface area contributed by atoms with Gasteiger partial charge >= 0.3 is 5.97 Å². The minimum absolute atomic E-state index is 0.202. The van der Waals surface area contributed by atoms with Gasteiger partial charge in [-0.15, -0.1) is 0 Å². The molecule has 1 rings (SSSR count). The summed E-state index contributed by atoms with van der Waals surface area (Å²) in [7, 11) is 1.41. The maximum absolute atomic E-state index is 11.0. The molecule has 5 heteroatoms. The van der Waals surface area contributed by atoms with E-state index in [0.29, 0.717) is 18.4 Å². The van der Waals surface area contributed by atoms with Crippen LogP contribution in [-0.2, 0) is 9.53 Å². The van der Waals surface area contributed by atoms with Crippen molar-refractivity contribution in [1.29, 1.82) is 0 Å². The standard InChI is InChI=1S/C14H27N3O2/c1-4-14(8-6-9-14)11-17-13(15-5-2)16-10-7-12(18)19-3/h4-11H2,1-3H3,(H2,15,16,17). The summed E-state index contributed by atoms with van der Waals surface area (Å²) < 4.78 is 4.61. The zero-order chi connectivity index (χ0) is 14.1. The Labute approximate surface area is 116 Å². The number of nitrogens with one attached hydrogen (secondary N) is 2. The van der Waals surface area contributed by atoms with Crippen molar-refractivity contribution >= 4 is 11.9 Å². The minimum atomic E-state index is -0.202. The van der Waals surface area contributed by atoms with E-state index in [0.717, 1.165) is 19.0 Å². The summed E-state index contributed by atoms with van der Waals surface area (Å²) >= 11 is 0. The maximum Gasteiger partial charge on any atom is 0.307 e. The molecule has 0 amide bonds. The Balaban J connectivity index is 2.39. The van der Waals surface area contributed by atoms with Gasteiger partial charge in [0, 0.05) is 19.6 Å². The first-order valence-electron chi connectivity index (χ1n) is 7.25. The fourth-order valence-corrected chi connectivity index (χ4v) is 2.27. The van der Waals surface area contributed by atoms with Crippen molar-refractivity contribution in [2.24, 2.45) is 10.4 Å². The lowest BCUT2D eigenvalue weighted by atomic mass is 9.67. The van der Waals surface area contributed by atoms with E-state index in [-0.39, 0.29) is 5.97 Å². The quantitative estimate of drug-likeness (QED) is 0.419. The average Bonchev–Trinajstić information content (AvgIpc) is 2.37. The monoisotopic (exact) mass is 269 g/mol. The van der Waals surface area contributed by atoms with E-state index in [1.165, 1.54) is 32.8 Å². The van der Waals surface area contributed by atoms with E-state index in [2.05, 4.69) is 27.3 Å². The minimum Gasteiger partial charge on any atom is -0.469 e. The lowest BCUT2D eigenvalue weighted by Gasteiger charge is -2.40. The molecular weight excluding hydrogens is 242 g/mol. The second kappa shape index (κ2) is 8.02. The Morgan fingerprint density at radius 2 is 2.05 bits per heavy atom. The van der Waals surface area contributed by atoms with Gasteiger partial charge in [0.25, 0.3) is 0 Å². The fraction of sp³-hybridized carbons (Fsp3) is 0.857. The van der Waals surface area contributed by atoms with Crippen molar-refractivity contribution in [3.8, 4) is 0 Å². The van der Waals surface area contributed by atoms with E-state index in [1.54, 1.807) is 0 Å². The van der Waals surface area contributed by atoms with Gasteiger partial charge in [-0.2, -0.15) is 0 Å². The van der Waals surface area contributed by atoms with Crippen LogP contribution in [0.15, 0.2) is 4.99 Å². The van der Waals surface area contributed by atoms with E-state index in [9.17, 15) is 4.79 Å². The van der Waals surface area contributed by atoms with Crippen LogP contribution in [0.5, 0.6) is 0 Å². The van der Waals surface area contributed by atoms with Crippen molar-refractivity contribution in [2.45, 2.75) is 46.0 Å². The largest absolute Gasteiger partial charge is 0.469 e. The summed E-state index contributed by atoms with van der Waals surface area (Å²) in [5.74, 6) is 0.596. The van der Waals surface area contributed by atoms with E-state index in [4.69, 9.17) is 0 Å². The first-order chi connectivity index (χ1) is 9.15. The summed E-state index contributed by atoms with van der Waals surface area (Å²) in [5.41, 5.74) is 0.421. The molecule has 5 nitrogen and oxygen atoms in total. The van der Waals surface area contributed by atoms with Crippen LogP contribution in [0.2, 0.25) is 0 Å². The third-order valence-electron chi connectivity index (χ3n) is 3.93. The molecule has 0 unspecified atom stereocenters. The summed E-state index contributed by atoms with van der Waals surface area (Å²) in [5, 5.41) is 6.37. The van der Waals surface area contributed by atoms with Crippen molar-refractivity contribution in [3.63, 3.8) is 0 Å². The summed E-state index contributed by atoms with van der Waals surface area (Å²) in [6, 6.07) is 0. The highest BCUT2D eigenvalue weighted by Crippen LogP contribution is 2.43. The highest BCUT2D eigenvalue weighted by molar-refractivity contribution is 5.80. The first-order valence-corrected chi connectivity index (χ1v) is 7.25. The van der Waals surface area contributed by atoms with Crippen LogP contribution < -0.4 is 10.6 Å². The number of rotatable bonds is 7. The summed E-state index contributed by atoms with van der Waals surface area (Å²) in [6.07, 6.45) is 5.46. The van der Waals surface area contributed by atoms with E-state index < -0.39 is 0 Å². The van der Waals surface area contributed by atoms with Crippen LogP contribution in [0.4, 0.5) is 0 Å². The SMILES string of the molecule is CCNC(=NCC1(CC)CCC1)NCCC(=O)OC. The first kappa shape index (κ1) is 15.8. The van der Waals surface area contributed by atoms with E-state index >= 15 is 0 Å². The molecule has 0 saturated heterocycles. The normalized spacial score (nSPS) is 17.5. The number of guanidine groups is 1. The van der Waals surface area contributed by atoms with Crippen LogP contribution in [0.25, 0.3) is 0 Å². The van der Waals surface area contributed by atoms with Crippen LogP contribution in [0, 0.1) is 5.41 Å². The average molecular weight is 269 g/mol. The van der Waals surface area contributed by atoms with Gasteiger partial charge in [-0.05, 0) is 31.6 Å². The summed E-state index contributed by atoms with van der Waals surface area (Å²) in [4.78, 5) is 15.7. The lowest BCUT2D eigenvalue weighted by Crippen LogP contribution is -2.40. The molecule has 0 spiro atoms. The molecule has 1 aliphatic rings. The zero-order valence-corrected chi connectivity index (χ0v) is 12.4. The van der Waals surface area contributed by atoms with Crippen LogP contribution in [0.3, 0.4) is 0 Å². The Morgan fingerprint density at radius 1 is 1.32 bits per heavy atom. The molecule has 0 bridgehead atoms. The van der Waals surface area contributed by atoms with Gasteiger partial charge in [0.2, 0.25) is 0 Å². The molecule has 0 atom stereocenters. The highest BCUT2D eigenvalue weighted by Gasteiger charge is 2.34. The number of carbonyl (C=O) groups excluding carboxylic acids is 1. The van der Waals surface area contributed by atoms with Gasteiger partial charge in [0.15, 0.2) is 5.96 Å². The number of ether oxygens (including phenoxy) is 1. The van der Waals surface area contributed by atoms with Gasteiger partial charge in [-0.1, -0.05) is 13.3 Å². The third-order valence-corrected chi connectivity index (χ3v) is 3.93. The van der Waals surface area contributed by atoms with Crippen molar-refractivity contribution in [2.75, 3.05) is 26.7 Å². The number of aliphatic imine (C=N–C) groups is 1. The molecule has 0 heterocycles. The van der Waals surface area contributed by atoms with Crippen molar-refractivity contribution in [3.05, 3.63) is 0 Å². The lowest BCUT2D eigenvalue weighted by molar-refractivity contribution is -0.140. The predicted octanol–water partition coefficient (Wildman–Crippen LogP) is 1.68. The van der Waals surface area contributed by atoms with Crippen LogP contribution in [-0.4, -0.2) is 38.7 Å². The third kappa shape index (κ3) is 5.09. The van der Waals surface area contributed by atoms with Gasteiger partial charge < -0.3 is 15.4 Å². The number of hydrogen-bond acceptors (Lipinski definition) is 3. The molecular formula is C14H27N3O2. The maximum atomic E-state index is 11.0. The van der Waals surface area contributed by atoms with Gasteiger partial charge in [0.05, 0.1) is 13.5 Å². The number of carbonyl (C=O) groups is 1. The van der Waals surface area contributed by atoms with Gasteiger partial charge in [-0.3, -0.25) is 9.79 Å². The second-order valence-electron chi connectivity index (χ2n) is 5.16. The molecule has 0 aromatic carbocycles. The number of nitrogens with zero attached hydrogens (tertiary/aromatic N) is 1. The molecule has 1 aliphatic carbocycles. The van der Waals surface area contributed by atoms with Crippen molar-refractivity contribution in [1.82, 2.24) is 10.6 Å². The Kier molecular flexibility index (Phi) is 6.67. The Bertz CT molecular complexity index is 306. The Morgan fingerprint density at radius 3 is 2.53 bits per heavy atom. The van der Waals surface area contributed by atoms with Crippen molar-refractivity contribution < 1.29 is 9.53 Å². The summed E-state index contributed by atoms with van der Waals surface area (Å²) in [6.45, 7) is 6.53. The molecule has 0 aromatic rings. The highest BCUT2D eigenvalue weighted by atomic mass is 16.5. The molecule has 1 saturated carbocycles. The number of methoxy groups -OCH3 is 1. The molecule has 0 radical (unpaired) electrons. The van der Waals surface area contributed by atoms with Crippen LogP contribution in [0.1, 0.15) is 46.0 Å². The fourth-order valence-electron chi connectivity index (χ4n) is 2.27. The molecule has 0 aliphatic heterocycles. The molecule has 1 fully saturated rings. The molecule has 0 aromatic heterocycles. The number of hydrogen-bond donors (Lipinski definition) is 2. The van der Waals surface area contributed by atoms with Crippen LogP contribution >= 0.6 is 0 Å². The predicted molar refractivity (Wildman–Crippen MR) is 77.2 cm³/mol. The molecule has 2 N–H and O–H groups in total. The molecule has 19 heavy (non-hydrogen) atoms. The Hall–Kier alpha value is -1.26. The smallest absolute Gasteiger partial charge is 0.307 e. The number of esters is 1. The van der Waals surface area contributed by atoms with Gasteiger partial charge in [-0.25, -0.2) is 0 Å². The van der Waals surface area contributed by atoms with E-state index in [1.807, 2.05) is 6.92 Å². The second-order valence-corrected chi connectivity index (χ2v) is 5.16.